The quantitative estimate of drug-likeness (QED) is 0.924. The van der Waals surface area contributed by atoms with Crippen LogP contribution in [0.3, 0.4) is 0 Å². The first-order valence-electron chi connectivity index (χ1n) is 6.34. The predicted octanol–water partition coefficient (Wildman–Crippen LogP) is 4.04. The van der Waals surface area contributed by atoms with Crippen LogP contribution in [0.4, 0.5) is 0 Å². The number of nitrogens with two attached hydrogens (primary N) is 1. The molecule has 0 aliphatic carbocycles. The fourth-order valence-electron chi connectivity index (χ4n) is 2.05. The highest BCUT2D eigenvalue weighted by molar-refractivity contribution is 6.33. The summed E-state index contributed by atoms with van der Waals surface area (Å²) in [6.45, 7) is 1.95. The average molecular weight is 292 g/mol. The minimum absolute atomic E-state index is 0.0360. The van der Waals surface area contributed by atoms with Crippen LogP contribution in [-0.4, -0.2) is 14.2 Å². The van der Waals surface area contributed by atoms with Gasteiger partial charge in [0, 0.05) is 16.6 Å². The molecule has 0 saturated heterocycles. The minimum Gasteiger partial charge on any atom is -0.493 e. The van der Waals surface area contributed by atoms with Crippen molar-refractivity contribution in [2.45, 2.75) is 13.0 Å². The molecule has 1 atom stereocenters. The maximum absolute atomic E-state index is 6.29. The van der Waals surface area contributed by atoms with Gasteiger partial charge in [-0.1, -0.05) is 23.7 Å². The maximum atomic E-state index is 6.29. The molecule has 1 unspecified atom stereocenters. The van der Waals surface area contributed by atoms with E-state index >= 15 is 0 Å². The van der Waals surface area contributed by atoms with Crippen molar-refractivity contribution in [3.05, 3.63) is 47.0 Å². The van der Waals surface area contributed by atoms with Crippen LogP contribution in [0.5, 0.6) is 11.5 Å². The maximum Gasteiger partial charge on any atom is 0.161 e. The van der Waals surface area contributed by atoms with E-state index in [9.17, 15) is 0 Å². The summed E-state index contributed by atoms with van der Waals surface area (Å²) in [6.07, 6.45) is 0. The number of rotatable bonds is 4. The zero-order valence-electron chi connectivity index (χ0n) is 11.8. The summed E-state index contributed by atoms with van der Waals surface area (Å²) in [5.41, 5.74) is 8.87. The molecular weight excluding hydrogens is 274 g/mol. The highest BCUT2D eigenvalue weighted by Crippen LogP contribution is 2.36. The van der Waals surface area contributed by atoms with Crippen molar-refractivity contribution in [3.8, 4) is 22.6 Å². The lowest BCUT2D eigenvalue weighted by molar-refractivity contribution is 0.355. The summed E-state index contributed by atoms with van der Waals surface area (Å²) in [5.74, 6) is 1.36. The van der Waals surface area contributed by atoms with Crippen LogP contribution in [0.15, 0.2) is 36.4 Å². The van der Waals surface area contributed by atoms with Crippen molar-refractivity contribution in [2.75, 3.05) is 14.2 Å². The molecule has 2 rings (SSSR count). The van der Waals surface area contributed by atoms with Gasteiger partial charge in [0.25, 0.3) is 0 Å². The summed E-state index contributed by atoms with van der Waals surface area (Å²) in [7, 11) is 3.23. The van der Waals surface area contributed by atoms with Crippen LogP contribution in [0.1, 0.15) is 18.5 Å². The Balaban J connectivity index is 2.53. The largest absolute Gasteiger partial charge is 0.493 e. The fourth-order valence-corrected chi connectivity index (χ4v) is 2.28. The second kappa shape index (κ2) is 6.16. The first-order valence-corrected chi connectivity index (χ1v) is 6.72. The first kappa shape index (κ1) is 14.7. The summed E-state index contributed by atoms with van der Waals surface area (Å²) in [6, 6.07) is 11.5. The number of benzene rings is 2. The third-order valence-electron chi connectivity index (χ3n) is 3.21. The number of ether oxygens (including phenoxy) is 2. The van der Waals surface area contributed by atoms with E-state index in [0.29, 0.717) is 16.5 Å². The molecule has 106 valence electrons. The molecule has 0 aliphatic heterocycles. The molecule has 20 heavy (non-hydrogen) atoms. The Bertz CT molecular complexity index is 611. The van der Waals surface area contributed by atoms with Crippen LogP contribution in [0, 0.1) is 0 Å². The molecule has 0 fully saturated rings. The zero-order chi connectivity index (χ0) is 14.7. The first-order chi connectivity index (χ1) is 9.56. The molecule has 2 N–H and O–H groups in total. The molecule has 0 heterocycles. The van der Waals surface area contributed by atoms with E-state index < -0.39 is 0 Å². The minimum atomic E-state index is -0.0360. The Morgan fingerprint density at radius 2 is 1.70 bits per heavy atom. The van der Waals surface area contributed by atoms with Crippen molar-refractivity contribution < 1.29 is 9.47 Å². The highest BCUT2D eigenvalue weighted by Gasteiger charge is 2.10. The molecule has 0 saturated carbocycles. The molecule has 0 spiro atoms. The monoisotopic (exact) mass is 291 g/mol. The molecule has 0 bridgehead atoms. The van der Waals surface area contributed by atoms with Crippen molar-refractivity contribution in [3.63, 3.8) is 0 Å². The summed E-state index contributed by atoms with van der Waals surface area (Å²) in [4.78, 5) is 0. The third kappa shape index (κ3) is 2.89. The van der Waals surface area contributed by atoms with Crippen molar-refractivity contribution >= 4 is 11.6 Å². The van der Waals surface area contributed by atoms with E-state index in [4.69, 9.17) is 26.8 Å². The average Bonchev–Trinajstić information content (AvgIpc) is 2.46. The fraction of sp³-hybridized carbons (Fsp3) is 0.250. The van der Waals surface area contributed by atoms with E-state index in [1.54, 1.807) is 14.2 Å². The van der Waals surface area contributed by atoms with Gasteiger partial charge in [-0.15, -0.1) is 0 Å². The molecule has 0 aliphatic rings. The summed E-state index contributed by atoms with van der Waals surface area (Å²) < 4.78 is 10.6. The molecule has 0 radical (unpaired) electrons. The van der Waals surface area contributed by atoms with Gasteiger partial charge in [-0.05, 0) is 42.3 Å². The van der Waals surface area contributed by atoms with Crippen LogP contribution < -0.4 is 15.2 Å². The van der Waals surface area contributed by atoms with Crippen molar-refractivity contribution in [2.24, 2.45) is 5.73 Å². The topological polar surface area (TPSA) is 44.5 Å². The van der Waals surface area contributed by atoms with E-state index in [-0.39, 0.29) is 6.04 Å². The van der Waals surface area contributed by atoms with Crippen LogP contribution in [0.2, 0.25) is 5.02 Å². The third-order valence-corrected chi connectivity index (χ3v) is 3.54. The Labute approximate surface area is 124 Å². The SMILES string of the molecule is COc1ccc(-c2cc(C(C)N)ccc2Cl)cc1OC. The van der Waals surface area contributed by atoms with Gasteiger partial charge < -0.3 is 15.2 Å². The molecule has 4 heteroatoms. The lowest BCUT2D eigenvalue weighted by Crippen LogP contribution is -2.04. The van der Waals surface area contributed by atoms with Crippen molar-refractivity contribution in [1.82, 2.24) is 0 Å². The second-order valence-corrected chi connectivity index (χ2v) is 5.00. The van der Waals surface area contributed by atoms with Gasteiger partial charge in [-0.25, -0.2) is 0 Å². The van der Waals surface area contributed by atoms with Gasteiger partial charge in [0.2, 0.25) is 0 Å². The second-order valence-electron chi connectivity index (χ2n) is 4.60. The van der Waals surface area contributed by atoms with E-state index in [0.717, 1.165) is 16.7 Å². The van der Waals surface area contributed by atoms with E-state index in [2.05, 4.69) is 0 Å². The smallest absolute Gasteiger partial charge is 0.161 e. The molecule has 2 aromatic rings. The molecular formula is C16H18ClNO2. The van der Waals surface area contributed by atoms with Gasteiger partial charge in [-0.2, -0.15) is 0 Å². The van der Waals surface area contributed by atoms with Crippen LogP contribution in [-0.2, 0) is 0 Å². The molecule has 3 nitrogen and oxygen atoms in total. The highest BCUT2D eigenvalue weighted by atomic mass is 35.5. The van der Waals surface area contributed by atoms with E-state index in [1.807, 2.05) is 43.3 Å². The Hall–Kier alpha value is -1.71. The van der Waals surface area contributed by atoms with Gasteiger partial charge in [-0.3, -0.25) is 0 Å². The Morgan fingerprint density at radius 1 is 1.00 bits per heavy atom. The Kier molecular flexibility index (Phi) is 4.53. The van der Waals surface area contributed by atoms with Gasteiger partial charge in [0.15, 0.2) is 11.5 Å². The zero-order valence-corrected chi connectivity index (χ0v) is 12.6. The number of hydrogen-bond donors (Lipinski definition) is 1. The Morgan fingerprint density at radius 3 is 2.30 bits per heavy atom. The van der Waals surface area contributed by atoms with Gasteiger partial charge in [0.1, 0.15) is 0 Å². The summed E-state index contributed by atoms with van der Waals surface area (Å²) in [5, 5.41) is 0.682. The van der Waals surface area contributed by atoms with Crippen LogP contribution in [0.25, 0.3) is 11.1 Å². The van der Waals surface area contributed by atoms with E-state index in [1.165, 1.54) is 0 Å². The molecule has 0 aromatic heterocycles. The normalized spacial score (nSPS) is 12.1. The number of methoxy groups -OCH3 is 2. The standard InChI is InChI=1S/C16H18ClNO2/c1-10(18)11-4-6-14(17)13(8-11)12-5-7-15(19-2)16(9-12)20-3/h4-10H,18H2,1-3H3. The number of hydrogen-bond acceptors (Lipinski definition) is 3. The lowest BCUT2D eigenvalue weighted by Gasteiger charge is -2.13. The lowest BCUT2D eigenvalue weighted by atomic mass is 10.00. The predicted molar refractivity (Wildman–Crippen MR) is 82.6 cm³/mol. The van der Waals surface area contributed by atoms with Gasteiger partial charge >= 0.3 is 0 Å². The number of halogens is 1. The molecule has 2 aromatic carbocycles. The summed E-state index contributed by atoms with van der Waals surface area (Å²) >= 11 is 6.29. The molecule has 0 amide bonds. The van der Waals surface area contributed by atoms with Gasteiger partial charge in [0.05, 0.1) is 14.2 Å². The van der Waals surface area contributed by atoms with Crippen LogP contribution >= 0.6 is 11.6 Å². The van der Waals surface area contributed by atoms with Crippen molar-refractivity contribution in [1.29, 1.82) is 0 Å².